The van der Waals surface area contributed by atoms with Gasteiger partial charge < -0.3 is 15.9 Å². The molecule has 144 valence electrons. The van der Waals surface area contributed by atoms with Crippen molar-refractivity contribution in [3.8, 4) is 17.0 Å². The van der Waals surface area contributed by atoms with Gasteiger partial charge in [-0.15, -0.1) is 11.8 Å². The lowest BCUT2D eigenvalue weighted by atomic mass is 10.1. The molecule has 0 amide bonds. The fourth-order valence-electron chi connectivity index (χ4n) is 2.80. The Labute approximate surface area is 161 Å². The van der Waals surface area contributed by atoms with Crippen LogP contribution in [0, 0.1) is 5.95 Å². The maximum absolute atomic E-state index is 14.4. The Bertz CT molecular complexity index is 982. The number of nitrogen functional groups attached to an aromatic ring is 1. The van der Waals surface area contributed by atoms with Gasteiger partial charge in [0.2, 0.25) is 5.95 Å². The minimum atomic E-state index is -0.763. The number of rotatable bonds is 5. The minimum Gasteiger partial charge on any atom is -0.504 e. The van der Waals surface area contributed by atoms with Crippen molar-refractivity contribution in [1.82, 2.24) is 14.4 Å². The lowest BCUT2D eigenvalue weighted by Crippen LogP contribution is -2.09. The molecule has 3 aromatic rings. The molecule has 0 aromatic carbocycles. The largest absolute Gasteiger partial charge is 0.504 e. The van der Waals surface area contributed by atoms with Crippen molar-refractivity contribution >= 4 is 23.2 Å². The van der Waals surface area contributed by atoms with Crippen molar-refractivity contribution < 1.29 is 14.6 Å². The van der Waals surface area contributed by atoms with Crippen molar-refractivity contribution in [3.05, 3.63) is 36.0 Å². The average molecular weight is 390 g/mol. The maximum atomic E-state index is 14.4. The van der Waals surface area contributed by atoms with Crippen molar-refractivity contribution in [2.75, 3.05) is 12.3 Å². The van der Waals surface area contributed by atoms with Crippen LogP contribution in [-0.4, -0.2) is 35.9 Å². The van der Waals surface area contributed by atoms with Gasteiger partial charge in [0, 0.05) is 22.4 Å². The molecule has 0 radical (unpaired) electrons. The van der Waals surface area contributed by atoms with E-state index in [1.165, 1.54) is 6.07 Å². The van der Waals surface area contributed by atoms with Gasteiger partial charge in [-0.1, -0.05) is 20.8 Å². The maximum Gasteiger partial charge on any atom is 0.224 e. The van der Waals surface area contributed by atoms with E-state index in [4.69, 9.17) is 5.73 Å². The summed E-state index contributed by atoms with van der Waals surface area (Å²) in [6, 6.07) is 3.22. The van der Waals surface area contributed by atoms with Gasteiger partial charge in [0.05, 0.1) is 17.5 Å². The molecule has 0 fully saturated rings. The molecule has 27 heavy (non-hydrogen) atoms. The Morgan fingerprint density at radius 1 is 1.30 bits per heavy atom. The highest BCUT2D eigenvalue weighted by molar-refractivity contribution is 8.00. The summed E-state index contributed by atoms with van der Waals surface area (Å²) < 4.78 is 16.1. The molecule has 0 aliphatic heterocycles. The smallest absolute Gasteiger partial charge is 0.224 e. The molecule has 0 aliphatic rings. The molecule has 3 rings (SSSR count). The van der Waals surface area contributed by atoms with Crippen LogP contribution in [0.2, 0.25) is 0 Å². The van der Waals surface area contributed by atoms with Gasteiger partial charge in [-0.3, -0.25) is 4.40 Å². The summed E-state index contributed by atoms with van der Waals surface area (Å²) in [5.41, 5.74) is 7.83. The number of aliphatic hydroxyl groups excluding tert-OH is 1. The number of aromatic nitrogens is 3. The summed E-state index contributed by atoms with van der Waals surface area (Å²) in [4.78, 5) is 8.98. The molecule has 0 unspecified atom stereocenters. The molecule has 8 heteroatoms. The van der Waals surface area contributed by atoms with Crippen LogP contribution in [0.3, 0.4) is 0 Å². The number of aliphatic hydroxyl groups is 1. The zero-order valence-corrected chi connectivity index (χ0v) is 16.3. The molecule has 0 saturated heterocycles. The van der Waals surface area contributed by atoms with E-state index in [0.717, 1.165) is 16.9 Å². The Hall–Kier alpha value is -2.32. The summed E-state index contributed by atoms with van der Waals surface area (Å²) in [7, 11) is 0. The Balaban J connectivity index is 2.17. The molecule has 0 bridgehead atoms. The number of fused-ring (bicyclic) bond motifs is 1. The van der Waals surface area contributed by atoms with E-state index in [-0.39, 0.29) is 28.5 Å². The van der Waals surface area contributed by atoms with Crippen LogP contribution in [0.15, 0.2) is 29.4 Å². The van der Waals surface area contributed by atoms with Crippen LogP contribution in [0.25, 0.3) is 16.9 Å². The first kappa shape index (κ1) is 19.4. The number of nitrogens with zero attached hydrogens (tertiary/aromatic N) is 3. The van der Waals surface area contributed by atoms with E-state index < -0.39 is 5.95 Å². The van der Waals surface area contributed by atoms with Crippen LogP contribution in [-0.2, 0) is 6.42 Å². The third kappa shape index (κ3) is 4.17. The lowest BCUT2D eigenvalue weighted by molar-refractivity contribution is 0.288. The van der Waals surface area contributed by atoms with E-state index in [1.807, 2.05) is 12.3 Å². The second kappa shape index (κ2) is 7.36. The predicted molar refractivity (Wildman–Crippen MR) is 105 cm³/mol. The summed E-state index contributed by atoms with van der Waals surface area (Å²) in [5.74, 6) is -1.29. The zero-order chi connectivity index (χ0) is 19.8. The number of aromatic hydroxyl groups is 1. The summed E-state index contributed by atoms with van der Waals surface area (Å²) >= 11 is 1.70. The number of halogens is 1. The molecule has 0 atom stereocenters. The third-order valence-corrected chi connectivity index (χ3v) is 5.17. The van der Waals surface area contributed by atoms with E-state index in [9.17, 15) is 14.6 Å². The van der Waals surface area contributed by atoms with Crippen LogP contribution < -0.4 is 5.73 Å². The molecule has 4 N–H and O–H groups in total. The standard InChI is InChI=1S/C19H23FN4O2S/c1-19(2,3)27-15-10-24-13(12-8-14(26)18(21)23-17(12)20)9-22-16(24)7-11(15)5-4-6-25/h7-10,25-26H,4-6H2,1-3H3,(H2,21,23). The van der Waals surface area contributed by atoms with Gasteiger partial charge in [0.15, 0.2) is 11.6 Å². The predicted octanol–water partition coefficient (Wildman–Crippen LogP) is 3.64. The minimum absolute atomic E-state index is 0.0192. The SMILES string of the molecule is CC(C)(C)Sc1cn2c(-c3cc(O)c(N)nc3F)cnc2cc1CCCO. The monoisotopic (exact) mass is 390 g/mol. The summed E-state index contributed by atoms with van der Waals surface area (Å²) in [6.07, 6.45) is 4.86. The molecule has 6 nitrogen and oxygen atoms in total. The number of anilines is 1. The second-order valence-electron chi connectivity index (χ2n) is 7.31. The fourth-order valence-corrected chi connectivity index (χ4v) is 3.91. The highest BCUT2D eigenvalue weighted by atomic mass is 32.2. The third-order valence-electron chi connectivity index (χ3n) is 3.97. The number of pyridine rings is 2. The van der Waals surface area contributed by atoms with Gasteiger partial charge in [-0.25, -0.2) is 4.98 Å². The quantitative estimate of drug-likeness (QED) is 0.455. The first-order valence-corrected chi connectivity index (χ1v) is 9.46. The van der Waals surface area contributed by atoms with E-state index in [2.05, 4.69) is 30.7 Å². The number of hydrogen-bond acceptors (Lipinski definition) is 6. The highest BCUT2D eigenvalue weighted by Crippen LogP contribution is 2.37. The Kier molecular flexibility index (Phi) is 5.30. The van der Waals surface area contributed by atoms with Crippen molar-refractivity contribution in [2.45, 2.75) is 43.3 Å². The summed E-state index contributed by atoms with van der Waals surface area (Å²) in [6.45, 7) is 6.47. The number of thioether (sulfide) groups is 1. The number of nitrogens with two attached hydrogens (primary N) is 1. The van der Waals surface area contributed by atoms with Crippen molar-refractivity contribution in [1.29, 1.82) is 0 Å². The lowest BCUT2D eigenvalue weighted by Gasteiger charge is -2.20. The molecule has 3 heterocycles. The number of imidazole rings is 1. The molecule has 3 aromatic heterocycles. The highest BCUT2D eigenvalue weighted by Gasteiger charge is 2.19. The summed E-state index contributed by atoms with van der Waals surface area (Å²) in [5, 5.41) is 19.0. The second-order valence-corrected chi connectivity index (χ2v) is 9.18. The van der Waals surface area contributed by atoms with E-state index in [1.54, 1.807) is 22.4 Å². The fraction of sp³-hybridized carbons (Fsp3) is 0.368. The average Bonchev–Trinajstić information content (AvgIpc) is 2.97. The van der Waals surface area contributed by atoms with E-state index in [0.29, 0.717) is 17.8 Å². The van der Waals surface area contributed by atoms with E-state index >= 15 is 0 Å². The van der Waals surface area contributed by atoms with Gasteiger partial charge >= 0.3 is 0 Å². The van der Waals surface area contributed by atoms with Crippen LogP contribution in [0.5, 0.6) is 5.75 Å². The van der Waals surface area contributed by atoms with Gasteiger partial charge in [-0.05, 0) is 30.5 Å². The molecular formula is C19H23FN4O2S. The van der Waals surface area contributed by atoms with Crippen molar-refractivity contribution in [3.63, 3.8) is 0 Å². The zero-order valence-electron chi connectivity index (χ0n) is 15.5. The normalized spacial score (nSPS) is 12.0. The van der Waals surface area contributed by atoms with Crippen LogP contribution >= 0.6 is 11.8 Å². The first-order valence-electron chi connectivity index (χ1n) is 8.65. The number of aryl methyl sites for hydroxylation is 1. The molecule has 0 spiro atoms. The first-order chi connectivity index (χ1) is 12.7. The Morgan fingerprint density at radius 3 is 2.70 bits per heavy atom. The molecular weight excluding hydrogens is 367 g/mol. The Morgan fingerprint density at radius 2 is 2.04 bits per heavy atom. The van der Waals surface area contributed by atoms with Crippen LogP contribution in [0.1, 0.15) is 32.8 Å². The van der Waals surface area contributed by atoms with Gasteiger partial charge in [0.25, 0.3) is 0 Å². The van der Waals surface area contributed by atoms with Gasteiger partial charge in [0.1, 0.15) is 5.65 Å². The van der Waals surface area contributed by atoms with Gasteiger partial charge in [-0.2, -0.15) is 9.37 Å². The topological polar surface area (TPSA) is 96.7 Å². The molecule has 0 aliphatic carbocycles. The van der Waals surface area contributed by atoms with Crippen LogP contribution in [0.4, 0.5) is 10.2 Å². The van der Waals surface area contributed by atoms with Crippen molar-refractivity contribution in [2.24, 2.45) is 0 Å². The number of hydrogen-bond donors (Lipinski definition) is 3. The molecule has 0 saturated carbocycles.